The van der Waals surface area contributed by atoms with Crippen molar-refractivity contribution in [2.45, 2.75) is 32.7 Å². The average Bonchev–Trinajstić information content (AvgIpc) is 2.36. The Kier molecular flexibility index (Phi) is 2.35. The van der Waals surface area contributed by atoms with Gasteiger partial charge in [-0.15, -0.1) is 11.3 Å². The van der Waals surface area contributed by atoms with Crippen LogP contribution in [0.25, 0.3) is 0 Å². The molecule has 62 valence electrons. The third kappa shape index (κ3) is 1.63. The molecule has 1 nitrogen and oxygen atoms in total. The van der Waals surface area contributed by atoms with Gasteiger partial charge in [0.05, 0.1) is 0 Å². The molecule has 0 fully saturated rings. The summed E-state index contributed by atoms with van der Waals surface area (Å²) in [5.74, 6) is 0. The average molecular weight is 169 g/mol. The standard InChI is InChI=1S/C9H15NS/c1-4-9(3,10)8-7(2)5-6-11-8/h5-6H,4,10H2,1-3H3. The first kappa shape index (κ1) is 8.75. The van der Waals surface area contributed by atoms with Gasteiger partial charge in [-0.25, -0.2) is 0 Å². The van der Waals surface area contributed by atoms with Gasteiger partial charge in [0, 0.05) is 10.4 Å². The summed E-state index contributed by atoms with van der Waals surface area (Å²) in [4.78, 5) is 1.32. The van der Waals surface area contributed by atoms with Crippen LogP contribution in [0.5, 0.6) is 0 Å². The van der Waals surface area contributed by atoms with Crippen LogP contribution in [0.1, 0.15) is 30.7 Å². The fourth-order valence-electron chi connectivity index (χ4n) is 1.12. The van der Waals surface area contributed by atoms with Crippen molar-refractivity contribution in [3.05, 3.63) is 21.9 Å². The molecule has 1 heterocycles. The fraction of sp³-hybridized carbons (Fsp3) is 0.556. The summed E-state index contributed by atoms with van der Waals surface area (Å²) >= 11 is 1.76. The molecule has 11 heavy (non-hydrogen) atoms. The van der Waals surface area contributed by atoms with E-state index in [1.54, 1.807) is 11.3 Å². The lowest BCUT2D eigenvalue weighted by molar-refractivity contribution is 0.484. The van der Waals surface area contributed by atoms with Crippen molar-refractivity contribution < 1.29 is 0 Å². The second kappa shape index (κ2) is 2.95. The first-order valence-electron chi connectivity index (χ1n) is 3.91. The molecule has 2 heteroatoms. The van der Waals surface area contributed by atoms with Crippen molar-refractivity contribution >= 4 is 11.3 Å². The Morgan fingerprint density at radius 1 is 1.64 bits per heavy atom. The molecule has 0 spiro atoms. The highest BCUT2D eigenvalue weighted by Gasteiger charge is 2.21. The maximum Gasteiger partial charge on any atom is 0.0475 e. The fourth-order valence-corrected chi connectivity index (χ4v) is 2.19. The highest BCUT2D eigenvalue weighted by molar-refractivity contribution is 7.10. The highest BCUT2D eigenvalue weighted by atomic mass is 32.1. The van der Waals surface area contributed by atoms with Gasteiger partial charge in [0.2, 0.25) is 0 Å². The summed E-state index contributed by atoms with van der Waals surface area (Å²) in [5, 5.41) is 2.10. The van der Waals surface area contributed by atoms with E-state index in [4.69, 9.17) is 5.73 Å². The molecule has 2 N–H and O–H groups in total. The van der Waals surface area contributed by atoms with Crippen molar-refractivity contribution in [2.24, 2.45) is 5.73 Å². The number of nitrogens with two attached hydrogens (primary N) is 1. The maximum atomic E-state index is 6.09. The Morgan fingerprint density at radius 3 is 2.64 bits per heavy atom. The summed E-state index contributed by atoms with van der Waals surface area (Å²) in [6.07, 6.45) is 0.994. The van der Waals surface area contributed by atoms with Gasteiger partial charge in [0.1, 0.15) is 0 Å². The molecule has 1 rings (SSSR count). The minimum absolute atomic E-state index is 0.127. The number of rotatable bonds is 2. The van der Waals surface area contributed by atoms with Gasteiger partial charge in [0.15, 0.2) is 0 Å². The third-order valence-corrected chi connectivity index (χ3v) is 3.41. The summed E-state index contributed by atoms with van der Waals surface area (Å²) in [6, 6.07) is 2.13. The molecule has 0 aliphatic carbocycles. The van der Waals surface area contributed by atoms with E-state index in [1.165, 1.54) is 10.4 Å². The molecule has 1 unspecified atom stereocenters. The van der Waals surface area contributed by atoms with Gasteiger partial charge >= 0.3 is 0 Å². The van der Waals surface area contributed by atoms with E-state index in [1.807, 2.05) is 0 Å². The second-order valence-electron chi connectivity index (χ2n) is 3.20. The topological polar surface area (TPSA) is 26.0 Å². The number of hydrogen-bond acceptors (Lipinski definition) is 2. The van der Waals surface area contributed by atoms with Gasteiger partial charge in [0.25, 0.3) is 0 Å². The number of aryl methyl sites for hydroxylation is 1. The Bertz CT molecular complexity index is 237. The van der Waals surface area contributed by atoms with Gasteiger partial charge in [-0.05, 0) is 37.3 Å². The van der Waals surface area contributed by atoms with E-state index in [0.29, 0.717) is 0 Å². The molecule has 1 atom stereocenters. The zero-order chi connectivity index (χ0) is 8.48. The largest absolute Gasteiger partial charge is 0.321 e. The van der Waals surface area contributed by atoms with Gasteiger partial charge in [-0.1, -0.05) is 6.92 Å². The van der Waals surface area contributed by atoms with Gasteiger partial charge in [-0.3, -0.25) is 0 Å². The van der Waals surface area contributed by atoms with E-state index in [9.17, 15) is 0 Å². The molecule has 0 aromatic carbocycles. The lowest BCUT2D eigenvalue weighted by atomic mass is 9.96. The van der Waals surface area contributed by atoms with Crippen LogP contribution in [0.3, 0.4) is 0 Å². The van der Waals surface area contributed by atoms with E-state index in [2.05, 4.69) is 32.2 Å². The molecule has 0 aliphatic heterocycles. The molecule has 0 radical (unpaired) electrons. The molecular formula is C9H15NS. The SMILES string of the molecule is CCC(C)(N)c1sccc1C. The zero-order valence-corrected chi connectivity index (χ0v) is 8.16. The Morgan fingerprint density at radius 2 is 2.27 bits per heavy atom. The number of thiophene rings is 1. The zero-order valence-electron chi connectivity index (χ0n) is 7.35. The van der Waals surface area contributed by atoms with Gasteiger partial charge in [-0.2, -0.15) is 0 Å². The van der Waals surface area contributed by atoms with Crippen LogP contribution in [-0.2, 0) is 5.54 Å². The molecular weight excluding hydrogens is 154 g/mol. The lowest BCUT2D eigenvalue weighted by Crippen LogP contribution is -2.31. The van der Waals surface area contributed by atoms with Crippen LogP contribution in [0, 0.1) is 6.92 Å². The van der Waals surface area contributed by atoms with Crippen molar-refractivity contribution in [3.63, 3.8) is 0 Å². The predicted molar refractivity (Wildman–Crippen MR) is 50.9 cm³/mol. The lowest BCUT2D eigenvalue weighted by Gasteiger charge is -2.22. The van der Waals surface area contributed by atoms with Crippen LogP contribution in [0.15, 0.2) is 11.4 Å². The normalized spacial score (nSPS) is 16.4. The van der Waals surface area contributed by atoms with Crippen molar-refractivity contribution in [3.8, 4) is 0 Å². The van der Waals surface area contributed by atoms with Crippen LogP contribution >= 0.6 is 11.3 Å². The summed E-state index contributed by atoms with van der Waals surface area (Å²) < 4.78 is 0. The van der Waals surface area contributed by atoms with Crippen LogP contribution in [0.4, 0.5) is 0 Å². The van der Waals surface area contributed by atoms with Crippen LogP contribution in [-0.4, -0.2) is 0 Å². The smallest absolute Gasteiger partial charge is 0.0475 e. The highest BCUT2D eigenvalue weighted by Crippen LogP contribution is 2.29. The molecule has 0 aliphatic rings. The molecule has 0 saturated heterocycles. The summed E-state index contributed by atoms with van der Waals surface area (Å²) in [5.41, 5.74) is 7.29. The van der Waals surface area contributed by atoms with Crippen LogP contribution < -0.4 is 5.73 Å². The molecule has 0 bridgehead atoms. The monoisotopic (exact) mass is 169 g/mol. The quantitative estimate of drug-likeness (QED) is 0.723. The Hall–Kier alpha value is -0.340. The van der Waals surface area contributed by atoms with E-state index >= 15 is 0 Å². The Balaban J connectivity index is 3.00. The maximum absolute atomic E-state index is 6.09. The molecule has 1 aromatic heterocycles. The van der Waals surface area contributed by atoms with Crippen molar-refractivity contribution in [1.82, 2.24) is 0 Å². The summed E-state index contributed by atoms with van der Waals surface area (Å²) in [7, 11) is 0. The van der Waals surface area contributed by atoms with E-state index in [-0.39, 0.29) is 5.54 Å². The second-order valence-corrected chi connectivity index (χ2v) is 4.12. The summed E-state index contributed by atoms with van der Waals surface area (Å²) in [6.45, 7) is 6.33. The van der Waals surface area contributed by atoms with Crippen molar-refractivity contribution in [1.29, 1.82) is 0 Å². The Labute approximate surface area is 72.2 Å². The number of hydrogen-bond donors (Lipinski definition) is 1. The molecule has 0 saturated carbocycles. The predicted octanol–water partition coefficient (Wildman–Crippen LogP) is 2.64. The van der Waals surface area contributed by atoms with E-state index < -0.39 is 0 Å². The third-order valence-electron chi connectivity index (χ3n) is 2.12. The molecule has 1 aromatic rings. The van der Waals surface area contributed by atoms with Gasteiger partial charge < -0.3 is 5.73 Å². The van der Waals surface area contributed by atoms with Crippen LogP contribution in [0.2, 0.25) is 0 Å². The first-order chi connectivity index (χ1) is 5.08. The van der Waals surface area contributed by atoms with Crippen molar-refractivity contribution in [2.75, 3.05) is 0 Å². The minimum Gasteiger partial charge on any atom is -0.321 e. The van der Waals surface area contributed by atoms with E-state index in [0.717, 1.165) is 6.42 Å². The molecule has 0 amide bonds. The minimum atomic E-state index is -0.127. The first-order valence-corrected chi connectivity index (χ1v) is 4.79.